The molecule has 0 saturated heterocycles. The van der Waals surface area contributed by atoms with Crippen LogP contribution in [0.15, 0.2) is 188 Å². The summed E-state index contributed by atoms with van der Waals surface area (Å²) < 4.78 is 2.64. The molecule has 8 aromatic carbocycles. The van der Waals surface area contributed by atoms with E-state index in [1.165, 1.54) is 64.3 Å². The summed E-state index contributed by atoms with van der Waals surface area (Å²) in [6.45, 7) is 0. The van der Waals surface area contributed by atoms with Crippen molar-refractivity contribution in [2.24, 2.45) is 0 Å². The van der Waals surface area contributed by atoms with Crippen molar-refractivity contribution < 1.29 is 0 Å². The van der Waals surface area contributed by atoms with Crippen LogP contribution in [0.3, 0.4) is 0 Å². The first-order chi connectivity index (χ1) is 23.8. The average Bonchev–Trinajstić information content (AvgIpc) is 3.54. The number of benzene rings is 8. The molecule has 0 atom stereocenters. The second-order valence-corrected chi connectivity index (χ2v) is 13.3. The van der Waals surface area contributed by atoms with Crippen molar-refractivity contribution in [3.05, 3.63) is 188 Å². The van der Waals surface area contributed by atoms with Gasteiger partial charge in [-0.05, 0) is 99.3 Å². The zero-order valence-corrected chi connectivity index (χ0v) is 27.1. The van der Waals surface area contributed by atoms with E-state index in [0.717, 1.165) is 17.1 Å². The van der Waals surface area contributed by atoms with E-state index in [1.54, 1.807) is 0 Å². The lowest BCUT2D eigenvalue weighted by Crippen LogP contribution is -2.11. The summed E-state index contributed by atoms with van der Waals surface area (Å²) in [5.41, 5.74) is 10.6. The number of hydrogen-bond donors (Lipinski definition) is 0. The number of hydrogen-bond acceptors (Lipinski definition) is 2. The van der Waals surface area contributed by atoms with Gasteiger partial charge in [0.15, 0.2) is 0 Å². The number of fused-ring (bicyclic) bond motifs is 4. The Kier molecular flexibility index (Phi) is 7.07. The number of nitrogens with zero attached hydrogens (tertiary/aromatic N) is 1. The lowest BCUT2D eigenvalue weighted by atomic mass is 9.97. The highest BCUT2D eigenvalue weighted by molar-refractivity contribution is 7.25. The SMILES string of the molecule is c1ccc(N(c2ccc(-c3cccc(-c4ccc5ccccc5c4)c3)cc2)c2ccccc2-c2ccc3sc4ccccc4c3c2)cc1. The van der Waals surface area contributed by atoms with Gasteiger partial charge in [-0.15, -0.1) is 11.3 Å². The summed E-state index contributed by atoms with van der Waals surface area (Å²) in [6.07, 6.45) is 0. The summed E-state index contributed by atoms with van der Waals surface area (Å²) in [5.74, 6) is 0. The maximum atomic E-state index is 2.38. The molecule has 1 aromatic heterocycles. The van der Waals surface area contributed by atoms with Crippen molar-refractivity contribution in [2.45, 2.75) is 0 Å². The van der Waals surface area contributed by atoms with E-state index < -0.39 is 0 Å². The van der Waals surface area contributed by atoms with Crippen LogP contribution in [0.4, 0.5) is 17.1 Å². The molecule has 0 bridgehead atoms. The van der Waals surface area contributed by atoms with Crippen LogP contribution in [-0.4, -0.2) is 0 Å². The van der Waals surface area contributed by atoms with Gasteiger partial charge in [-0.2, -0.15) is 0 Å². The van der Waals surface area contributed by atoms with Gasteiger partial charge in [0.1, 0.15) is 0 Å². The standard InChI is InChI=1S/C46H31NS/c1-2-15-39(16-3-1)47(44-19-8-6-17-41(44)38-25-28-46-43(31-38)42-18-7-9-20-45(42)48-46)40-26-23-33(24-27-40)35-13-10-14-36(29-35)37-22-21-32-11-4-5-12-34(32)30-37/h1-31H. The minimum absolute atomic E-state index is 1.12. The highest BCUT2D eigenvalue weighted by Gasteiger charge is 2.18. The van der Waals surface area contributed by atoms with Crippen molar-refractivity contribution in [1.82, 2.24) is 0 Å². The lowest BCUT2D eigenvalue weighted by molar-refractivity contribution is 1.28. The fourth-order valence-electron chi connectivity index (χ4n) is 6.86. The molecule has 9 rings (SSSR count). The molecule has 2 heteroatoms. The molecule has 0 unspecified atom stereocenters. The fourth-order valence-corrected chi connectivity index (χ4v) is 7.95. The van der Waals surface area contributed by atoms with Gasteiger partial charge in [0.2, 0.25) is 0 Å². The van der Waals surface area contributed by atoms with E-state index in [1.807, 2.05) is 11.3 Å². The molecule has 0 spiro atoms. The predicted molar refractivity (Wildman–Crippen MR) is 208 cm³/mol. The Morgan fingerprint density at radius 2 is 0.958 bits per heavy atom. The molecular formula is C46H31NS. The molecule has 1 heterocycles. The predicted octanol–water partition coefficient (Wildman–Crippen LogP) is 13.7. The van der Waals surface area contributed by atoms with Crippen LogP contribution in [0.1, 0.15) is 0 Å². The van der Waals surface area contributed by atoms with Crippen LogP contribution in [0.5, 0.6) is 0 Å². The van der Waals surface area contributed by atoms with Crippen molar-refractivity contribution in [2.75, 3.05) is 4.90 Å². The van der Waals surface area contributed by atoms with Crippen LogP contribution in [0, 0.1) is 0 Å². The van der Waals surface area contributed by atoms with Gasteiger partial charge in [-0.25, -0.2) is 0 Å². The zero-order chi connectivity index (χ0) is 31.9. The summed E-state index contributed by atoms with van der Waals surface area (Å²) in [7, 11) is 0. The maximum absolute atomic E-state index is 2.38. The molecule has 0 radical (unpaired) electrons. The molecule has 0 saturated carbocycles. The molecule has 226 valence electrons. The molecule has 0 fully saturated rings. The normalized spacial score (nSPS) is 11.3. The fraction of sp³-hybridized carbons (Fsp3) is 0. The number of para-hydroxylation sites is 2. The van der Waals surface area contributed by atoms with E-state index in [2.05, 4.69) is 193 Å². The van der Waals surface area contributed by atoms with Gasteiger partial charge in [0.05, 0.1) is 5.69 Å². The van der Waals surface area contributed by atoms with Crippen LogP contribution in [-0.2, 0) is 0 Å². The quantitative estimate of drug-likeness (QED) is 0.177. The zero-order valence-electron chi connectivity index (χ0n) is 26.3. The molecule has 0 aliphatic carbocycles. The smallest absolute Gasteiger partial charge is 0.0540 e. The van der Waals surface area contributed by atoms with Crippen molar-refractivity contribution in [3.8, 4) is 33.4 Å². The van der Waals surface area contributed by atoms with Gasteiger partial charge in [0, 0.05) is 37.1 Å². The van der Waals surface area contributed by atoms with Gasteiger partial charge >= 0.3 is 0 Å². The monoisotopic (exact) mass is 629 g/mol. The molecule has 9 aromatic rings. The van der Waals surface area contributed by atoms with Crippen LogP contribution in [0.2, 0.25) is 0 Å². The van der Waals surface area contributed by atoms with E-state index in [0.29, 0.717) is 0 Å². The van der Waals surface area contributed by atoms with Gasteiger partial charge in [-0.1, -0.05) is 127 Å². The van der Waals surface area contributed by atoms with Crippen molar-refractivity contribution in [3.63, 3.8) is 0 Å². The summed E-state index contributed by atoms with van der Waals surface area (Å²) in [6, 6.07) is 68.2. The van der Waals surface area contributed by atoms with Crippen LogP contribution < -0.4 is 4.90 Å². The van der Waals surface area contributed by atoms with Crippen LogP contribution in [0.25, 0.3) is 64.3 Å². The molecular weight excluding hydrogens is 599 g/mol. The van der Waals surface area contributed by atoms with Crippen molar-refractivity contribution >= 4 is 59.3 Å². The lowest BCUT2D eigenvalue weighted by Gasteiger charge is -2.28. The molecule has 48 heavy (non-hydrogen) atoms. The van der Waals surface area contributed by atoms with Gasteiger partial charge in [0.25, 0.3) is 0 Å². The van der Waals surface area contributed by atoms with E-state index >= 15 is 0 Å². The Balaban J connectivity index is 1.11. The first-order valence-corrected chi connectivity index (χ1v) is 17.2. The summed E-state index contributed by atoms with van der Waals surface area (Å²) >= 11 is 1.86. The molecule has 0 aliphatic heterocycles. The number of rotatable bonds is 6. The summed E-state index contributed by atoms with van der Waals surface area (Å²) in [4.78, 5) is 2.38. The first-order valence-electron chi connectivity index (χ1n) is 16.3. The molecule has 1 nitrogen and oxygen atoms in total. The third kappa shape index (κ3) is 5.13. The Labute approximate surface area is 284 Å². The third-order valence-electron chi connectivity index (χ3n) is 9.25. The number of anilines is 3. The van der Waals surface area contributed by atoms with Crippen LogP contribution >= 0.6 is 11.3 Å². The largest absolute Gasteiger partial charge is 0.310 e. The maximum Gasteiger partial charge on any atom is 0.0540 e. The minimum Gasteiger partial charge on any atom is -0.310 e. The second kappa shape index (κ2) is 12.0. The van der Waals surface area contributed by atoms with E-state index in [-0.39, 0.29) is 0 Å². The highest BCUT2D eigenvalue weighted by Crippen LogP contribution is 2.43. The highest BCUT2D eigenvalue weighted by atomic mass is 32.1. The summed E-state index contributed by atoms with van der Waals surface area (Å²) in [5, 5.41) is 5.15. The van der Waals surface area contributed by atoms with Crippen molar-refractivity contribution in [1.29, 1.82) is 0 Å². The first kappa shape index (κ1) is 28.3. The minimum atomic E-state index is 1.12. The van der Waals surface area contributed by atoms with E-state index in [4.69, 9.17) is 0 Å². The Hall–Kier alpha value is -5.96. The molecule has 0 N–H and O–H groups in total. The molecule has 0 amide bonds. The number of thiophene rings is 1. The Bertz CT molecular complexity index is 2560. The topological polar surface area (TPSA) is 3.24 Å². The van der Waals surface area contributed by atoms with Gasteiger partial charge < -0.3 is 4.90 Å². The second-order valence-electron chi connectivity index (χ2n) is 12.2. The Morgan fingerprint density at radius 3 is 1.83 bits per heavy atom. The van der Waals surface area contributed by atoms with E-state index in [9.17, 15) is 0 Å². The third-order valence-corrected chi connectivity index (χ3v) is 10.4. The Morgan fingerprint density at radius 1 is 0.333 bits per heavy atom. The molecule has 0 aliphatic rings. The van der Waals surface area contributed by atoms with Gasteiger partial charge in [-0.3, -0.25) is 0 Å². The average molecular weight is 630 g/mol.